The summed E-state index contributed by atoms with van der Waals surface area (Å²) in [6, 6.07) is -0.525. The Morgan fingerprint density at radius 1 is 0.571 bits per heavy atom. The summed E-state index contributed by atoms with van der Waals surface area (Å²) in [6.45, 7) is 4.32. The van der Waals surface area contributed by atoms with E-state index in [1.165, 1.54) is 122 Å². The van der Waals surface area contributed by atoms with E-state index in [-0.39, 0.29) is 12.5 Å². The first-order valence-corrected chi connectivity index (χ1v) is 15.7. The van der Waals surface area contributed by atoms with E-state index < -0.39 is 12.1 Å². The third-order valence-corrected chi connectivity index (χ3v) is 7.37. The highest BCUT2D eigenvalue weighted by molar-refractivity contribution is 5.76. The summed E-state index contributed by atoms with van der Waals surface area (Å²) >= 11 is 0. The molecule has 0 radical (unpaired) electrons. The van der Waals surface area contributed by atoms with Gasteiger partial charge in [-0.25, -0.2) is 0 Å². The van der Waals surface area contributed by atoms with Gasteiger partial charge in [-0.1, -0.05) is 155 Å². The Hall–Kier alpha value is -0.610. The SMILES string of the molecule is CCCCCCCCCCCCCCCC[C@@H](O)[C@H](CO)NC(=O)CCCCCCCCCCC. The summed E-state index contributed by atoms with van der Waals surface area (Å²) in [5.41, 5.74) is 0. The van der Waals surface area contributed by atoms with Crippen molar-refractivity contribution in [3.8, 4) is 0 Å². The molecule has 0 aliphatic carbocycles. The Kier molecular flexibility index (Phi) is 27.5. The van der Waals surface area contributed by atoms with Crippen LogP contribution >= 0.6 is 0 Å². The van der Waals surface area contributed by atoms with E-state index in [9.17, 15) is 15.0 Å². The van der Waals surface area contributed by atoms with Gasteiger partial charge in [0.15, 0.2) is 0 Å². The van der Waals surface area contributed by atoms with Crippen LogP contribution in [0, 0.1) is 0 Å². The first-order chi connectivity index (χ1) is 17.2. The number of unbranched alkanes of at least 4 members (excludes halogenated alkanes) is 21. The van der Waals surface area contributed by atoms with E-state index >= 15 is 0 Å². The van der Waals surface area contributed by atoms with Gasteiger partial charge >= 0.3 is 0 Å². The Labute approximate surface area is 219 Å². The highest BCUT2D eigenvalue weighted by Gasteiger charge is 2.19. The maximum absolute atomic E-state index is 12.2. The average Bonchev–Trinajstić information content (AvgIpc) is 2.86. The second-order valence-electron chi connectivity index (χ2n) is 10.9. The Balaban J connectivity index is 3.56. The smallest absolute Gasteiger partial charge is 0.220 e. The van der Waals surface area contributed by atoms with Gasteiger partial charge in [0.05, 0.1) is 18.8 Å². The largest absolute Gasteiger partial charge is 0.394 e. The molecule has 0 spiro atoms. The van der Waals surface area contributed by atoms with Gasteiger partial charge in [-0.2, -0.15) is 0 Å². The lowest BCUT2D eigenvalue weighted by molar-refractivity contribution is -0.123. The fraction of sp³-hybridized carbons (Fsp3) is 0.968. The number of rotatable bonds is 28. The third-order valence-electron chi connectivity index (χ3n) is 7.37. The molecule has 2 atom stereocenters. The van der Waals surface area contributed by atoms with Gasteiger partial charge in [0.2, 0.25) is 5.91 Å². The molecule has 0 aromatic carbocycles. The zero-order valence-corrected chi connectivity index (χ0v) is 23.8. The highest BCUT2D eigenvalue weighted by atomic mass is 16.3. The Morgan fingerprint density at radius 2 is 0.914 bits per heavy atom. The minimum absolute atomic E-state index is 0.0352. The number of nitrogens with one attached hydrogen (secondary N) is 1. The second kappa shape index (κ2) is 28.0. The number of aliphatic hydroxyl groups excluding tert-OH is 2. The molecule has 0 heterocycles. The van der Waals surface area contributed by atoms with Crippen molar-refractivity contribution in [3.05, 3.63) is 0 Å². The van der Waals surface area contributed by atoms with Crippen LogP contribution in [-0.2, 0) is 4.79 Å². The van der Waals surface area contributed by atoms with Crippen LogP contribution in [0.5, 0.6) is 0 Å². The molecule has 0 aliphatic heterocycles. The third kappa shape index (κ3) is 24.8. The fourth-order valence-electron chi connectivity index (χ4n) is 4.89. The number of amides is 1. The van der Waals surface area contributed by atoms with Crippen molar-refractivity contribution in [1.82, 2.24) is 5.32 Å². The number of hydrogen-bond donors (Lipinski definition) is 3. The van der Waals surface area contributed by atoms with E-state index in [4.69, 9.17) is 0 Å². The summed E-state index contributed by atoms with van der Waals surface area (Å²) < 4.78 is 0. The van der Waals surface area contributed by atoms with Crippen molar-refractivity contribution in [2.24, 2.45) is 0 Å². The van der Waals surface area contributed by atoms with Crippen molar-refractivity contribution in [1.29, 1.82) is 0 Å². The van der Waals surface area contributed by atoms with E-state index in [1.54, 1.807) is 0 Å². The van der Waals surface area contributed by atoms with Gasteiger partial charge < -0.3 is 15.5 Å². The minimum atomic E-state index is -0.649. The van der Waals surface area contributed by atoms with Gasteiger partial charge in [-0.15, -0.1) is 0 Å². The Morgan fingerprint density at radius 3 is 1.29 bits per heavy atom. The number of carbonyl (C=O) groups excluding carboxylic acids is 1. The van der Waals surface area contributed by atoms with Crippen LogP contribution in [0.4, 0.5) is 0 Å². The molecule has 210 valence electrons. The van der Waals surface area contributed by atoms with Gasteiger partial charge in [-0.3, -0.25) is 4.79 Å². The fourth-order valence-corrected chi connectivity index (χ4v) is 4.89. The highest BCUT2D eigenvalue weighted by Crippen LogP contribution is 2.15. The minimum Gasteiger partial charge on any atom is -0.394 e. The molecular formula is C31H63NO3. The predicted octanol–water partition coefficient (Wildman–Crippen LogP) is 8.62. The molecule has 0 unspecified atom stereocenters. The standard InChI is InChI=1S/C31H63NO3/c1-3-5-7-9-11-13-14-15-16-17-19-20-22-24-26-30(34)29(28-33)32-31(35)27-25-23-21-18-12-10-8-6-4-2/h29-30,33-34H,3-28H2,1-2H3,(H,32,35)/t29-,30+/m0/s1. The van der Waals surface area contributed by atoms with Crippen molar-refractivity contribution >= 4 is 5.91 Å². The zero-order valence-electron chi connectivity index (χ0n) is 23.8. The molecule has 0 aromatic rings. The summed E-state index contributed by atoms with van der Waals surface area (Å²) in [6.07, 6.45) is 30.0. The van der Waals surface area contributed by atoms with Crippen LogP contribution in [0.15, 0.2) is 0 Å². The van der Waals surface area contributed by atoms with Gasteiger partial charge in [0.1, 0.15) is 0 Å². The molecule has 0 bridgehead atoms. The Bertz CT molecular complexity index is 429. The van der Waals surface area contributed by atoms with E-state index in [1.807, 2.05) is 0 Å². The molecule has 3 N–H and O–H groups in total. The van der Waals surface area contributed by atoms with Crippen molar-refractivity contribution in [2.45, 2.75) is 187 Å². The maximum atomic E-state index is 12.2. The van der Waals surface area contributed by atoms with Gasteiger partial charge in [0.25, 0.3) is 0 Å². The molecule has 0 fully saturated rings. The van der Waals surface area contributed by atoms with E-state index in [2.05, 4.69) is 19.2 Å². The molecule has 0 aliphatic rings. The predicted molar refractivity (Wildman–Crippen MR) is 152 cm³/mol. The average molecular weight is 498 g/mol. The summed E-state index contributed by atoms with van der Waals surface area (Å²) in [7, 11) is 0. The van der Waals surface area contributed by atoms with E-state index in [0.717, 1.165) is 25.7 Å². The lowest BCUT2D eigenvalue weighted by Crippen LogP contribution is -2.45. The van der Waals surface area contributed by atoms with Crippen molar-refractivity contribution < 1.29 is 15.0 Å². The van der Waals surface area contributed by atoms with Crippen molar-refractivity contribution in [3.63, 3.8) is 0 Å². The van der Waals surface area contributed by atoms with Crippen molar-refractivity contribution in [2.75, 3.05) is 6.61 Å². The lowest BCUT2D eigenvalue weighted by atomic mass is 10.0. The first kappa shape index (κ1) is 34.4. The molecular weight excluding hydrogens is 434 g/mol. The van der Waals surface area contributed by atoms with Gasteiger partial charge in [-0.05, 0) is 12.8 Å². The maximum Gasteiger partial charge on any atom is 0.220 e. The lowest BCUT2D eigenvalue weighted by Gasteiger charge is -2.22. The number of aliphatic hydroxyl groups is 2. The first-order valence-electron chi connectivity index (χ1n) is 15.7. The van der Waals surface area contributed by atoms with Crippen LogP contribution in [-0.4, -0.2) is 34.9 Å². The molecule has 0 aromatic heterocycles. The monoisotopic (exact) mass is 497 g/mol. The summed E-state index contributed by atoms with van der Waals surface area (Å²) in [5.74, 6) is -0.0352. The number of carbonyl (C=O) groups is 1. The molecule has 0 rings (SSSR count). The molecule has 4 nitrogen and oxygen atoms in total. The van der Waals surface area contributed by atoms with Crippen LogP contribution in [0.3, 0.4) is 0 Å². The molecule has 0 saturated heterocycles. The van der Waals surface area contributed by atoms with Crippen LogP contribution in [0.25, 0.3) is 0 Å². The van der Waals surface area contributed by atoms with Crippen LogP contribution in [0.2, 0.25) is 0 Å². The molecule has 4 heteroatoms. The summed E-state index contributed by atoms with van der Waals surface area (Å²) in [5, 5.41) is 22.9. The molecule has 0 saturated carbocycles. The molecule has 1 amide bonds. The van der Waals surface area contributed by atoms with E-state index in [0.29, 0.717) is 12.8 Å². The van der Waals surface area contributed by atoms with Crippen LogP contribution < -0.4 is 5.32 Å². The normalized spacial score (nSPS) is 13.1. The van der Waals surface area contributed by atoms with Crippen LogP contribution in [0.1, 0.15) is 174 Å². The second-order valence-corrected chi connectivity index (χ2v) is 10.9. The topological polar surface area (TPSA) is 69.6 Å². The quantitative estimate of drug-likeness (QED) is 0.0947. The number of hydrogen-bond acceptors (Lipinski definition) is 3. The van der Waals surface area contributed by atoms with Gasteiger partial charge in [0, 0.05) is 6.42 Å². The summed E-state index contributed by atoms with van der Waals surface area (Å²) in [4.78, 5) is 12.2. The zero-order chi connectivity index (χ0) is 25.8. The molecule has 35 heavy (non-hydrogen) atoms.